The molecule has 0 unspecified atom stereocenters. The Morgan fingerprint density at radius 2 is 1.97 bits per heavy atom. The number of amides is 1. The molecule has 1 aliphatic carbocycles. The van der Waals surface area contributed by atoms with E-state index in [1.165, 1.54) is 12.1 Å². The molecule has 6 N–H and O–H groups in total. The maximum Gasteiger partial charge on any atom is 0.223 e. The van der Waals surface area contributed by atoms with E-state index in [1.807, 2.05) is 0 Å². The molecule has 1 saturated carbocycles. The molecule has 0 bridgehead atoms. The summed E-state index contributed by atoms with van der Waals surface area (Å²) < 4.78 is 26.1. The number of amidine groups is 1. The van der Waals surface area contributed by atoms with Crippen LogP contribution in [0.1, 0.15) is 31.2 Å². The minimum atomic E-state index is -0.643. The summed E-state index contributed by atoms with van der Waals surface area (Å²) in [4.78, 5) is 16.5. The van der Waals surface area contributed by atoms with Gasteiger partial charge in [-0.05, 0) is 43.9 Å². The van der Waals surface area contributed by atoms with E-state index in [0.717, 1.165) is 25.7 Å². The lowest BCUT2D eigenvalue weighted by Crippen LogP contribution is -2.37. The summed E-state index contributed by atoms with van der Waals surface area (Å²) in [7, 11) is 3.29. The van der Waals surface area contributed by atoms with Gasteiger partial charge in [0.25, 0.3) is 0 Å². The third-order valence-corrected chi connectivity index (χ3v) is 6.10. The first-order valence-corrected chi connectivity index (χ1v) is 11.6. The number of benzene rings is 2. The van der Waals surface area contributed by atoms with Gasteiger partial charge >= 0.3 is 0 Å². The molecule has 10 heteroatoms. The number of halogens is 2. The molecule has 2 aromatic rings. The Kier molecular flexibility index (Phi) is 8.95. The Labute approximate surface area is 203 Å². The lowest BCUT2D eigenvalue weighted by atomic mass is 9.86. The van der Waals surface area contributed by atoms with Crippen LogP contribution in [-0.2, 0) is 4.79 Å². The number of carbonyl (C=O) groups excluding carboxylic acids is 1. The number of hydrogen-bond acceptors (Lipinski definition) is 6. The molecular weight excluding hydrogens is 461 g/mol. The number of nitrogens with one attached hydrogen (secondary N) is 2. The van der Waals surface area contributed by atoms with E-state index in [2.05, 4.69) is 15.6 Å². The Hall–Kier alpha value is -3.04. The lowest BCUT2D eigenvalue weighted by molar-refractivity contribution is -0.126. The number of methoxy groups -OCH3 is 1. The van der Waals surface area contributed by atoms with Crippen LogP contribution in [0.4, 0.5) is 15.8 Å². The van der Waals surface area contributed by atoms with Crippen LogP contribution in [0, 0.1) is 11.7 Å². The van der Waals surface area contributed by atoms with E-state index >= 15 is 0 Å². The molecule has 34 heavy (non-hydrogen) atoms. The highest BCUT2D eigenvalue weighted by Crippen LogP contribution is 2.37. The van der Waals surface area contributed by atoms with E-state index < -0.39 is 5.82 Å². The van der Waals surface area contributed by atoms with Gasteiger partial charge in [0.05, 0.1) is 18.2 Å². The van der Waals surface area contributed by atoms with Crippen molar-refractivity contribution >= 4 is 34.7 Å². The maximum atomic E-state index is 14.3. The molecule has 0 aliphatic heterocycles. The summed E-state index contributed by atoms with van der Waals surface area (Å²) in [6, 6.07) is 8.03. The van der Waals surface area contributed by atoms with E-state index in [4.69, 9.17) is 32.5 Å². The van der Waals surface area contributed by atoms with E-state index in [9.17, 15) is 9.18 Å². The average molecular weight is 492 g/mol. The minimum Gasteiger partial charge on any atom is -0.493 e. The standard InChI is InChI=1S/C24H31ClFN5O3/c1-29-19-13-20(33-2)21(34-15-8-6-14(7-9-15)24(32)30-11-10-27)12-16(19)23(28)31-18-5-3-4-17(25)22(18)26/h3-5,12-15,29H,6-11,27H2,1-2H3,(H2,28,31)(H,30,32). The van der Waals surface area contributed by atoms with Crippen molar-refractivity contribution in [2.24, 2.45) is 22.4 Å². The molecule has 8 nitrogen and oxygen atoms in total. The fourth-order valence-corrected chi connectivity index (χ4v) is 4.13. The topological polar surface area (TPSA) is 124 Å². The SMILES string of the molecule is CNc1cc(OC)c(OC2CCC(C(=O)NCCN)CC2)cc1C(N)=Nc1cccc(Cl)c1F. The third-order valence-electron chi connectivity index (χ3n) is 5.80. The van der Waals surface area contributed by atoms with E-state index in [1.54, 1.807) is 32.4 Å². The molecular formula is C24H31ClFN5O3. The summed E-state index contributed by atoms with van der Waals surface area (Å²) >= 11 is 5.87. The van der Waals surface area contributed by atoms with Gasteiger partial charge in [0.2, 0.25) is 5.91 Å². The predicted octanol–water partition coefficient (Wildman–Crippen LogP) is 3.58. The average Bonchev–Trinajstić information content (AvgIpc) is 2.85. The zero-order valence-corrected chi connectivity index (χ0v) is 20.1. The van der Waals surface area contributed by atoms with Crippen molar-refractivity contribution < 1.29 is 18.7 Å². The number of rotatable bonds is 9. The maximum absolute atomic E-state index is 14.3. The number of nitrogens with two attached hydrogens (primary N) is 2. The van der Waals surface area contributed by atoms with Crippen LogP contribution in [0.15, 0.2) is 35.3 Å². The summed E-state index contributed by atoms with van der Waals surface area (Å²) in [6.07, 6.45) is 2.82. The van der Waals surface area contributed by atoms with E-state index in [0.29, 0.717) is 35.8 Å². The Bertz CT molecular complexity index is 1040. The number of carbonyl (C=O) groups is 1. The van der Waals surface area contributed by atoms with Crippen molar-refractivity contribution in [2.45, 2.75) is 31.8 Å². The smallest absolute Gasteiger partial charge is 0.223 e. The zero-order valence-electron chi connectivity index (χ0n) is 19.4. The van der Waals surface area contributed by atoms with Crippen molar-refractivity contribution in [3.63, 3.8) is 0 Å². The van der Waals surface area contributed by atoms with Gasteiger partial charge in [0.1, 0.15) is 11.5 Å². The van der Waals surface area contributed by atoms with Gasteiger partial charge in [-0.15, -0.1) is 0 Å². The van der Waals surface area contributed by atoms with Crippen molar-refractivity contribution in [3.05, 3.63) is 46.7 Å². The number of aliphatic imine (C=N–C) groups is 1. The van der Waals surface area contributed by atoms with Gasteiger partial charge in [-0.3, -0.25) is 4.79 Å². The van der Waals surface area contributed by atoms with Gasteiger partial charge < -0.3 is 31.6 Å². The fourth-order valence-electron chi connectivity index (χ4n) is 3.96. The first-order chi connectivity index (χ1) is 16.4. The third kappa shape index (κ3) is 6.09. The number of anilines is 1. The molecule has 184 valence electrons. The van der Waals surface area contributed by atoms with Crippen LogP contribution in [0.2, 0.25) is 5.02 Å². The molecule has 1 aliphatic rings. The Balaban J connectivity index is 1.81. The van der Waals surface area contributed by atoms with Crippen LogP contribution in [0.5, 0.6) is 11.5 Å². The van der Waals surface area contributed by atoms with Crippen LogP contribution in [-0.4, -0.2) is 45.1 Å². The second kappa shape index (κ2) is 11.9. The summed E-state index contributed by atoms with van der Waals surface area (Å²) in [6.45, 7) is 0.903. The highest BCUT2D eigenvalue weighted by molar-refractivity contribution is 6.31. The molecule has 0 saturated heterocycles. The quantitative estimate of drug-likeness (QED) is 0.314. The summed E-state index contributed by atoms with van der Waals surface area (Å²) in [5, 5.41) is 5.88. The molecule has 0 heterocycles. The minimum absolute atomic E-state index is 0.0334. The van der Waals surface area contributed by atoms with Gasteiger partial charge in [-0.25, -0.2) is 9.38 Å². The lowest BCUT2D eigenvalue weighted by Gasteiger charge is -2.29. The molecule has 0 spiro atoms. The van der Waals surface area contributed by atoms with Crippen molar-refractivity contribution in [3.8, 4) is 11.5 Å². The molecule has 1 amide bonds. The van der Waals surface area contributed by atoms with Crippen LogP contribution >= 0.6 is 11.6 Å². The van der Waals surface area contributed by atoms with Crippen molar-refractivity contribution in [1.82, 2.24) is 5.32 Å². The van der Waals surface area contributed by atoms with Crippen LogP contribution in [0.25, 0.3) is 0 Å². The van der Waals surface area contributed by atoms with E-state index in [-0.39, 0.29) is 34.5 Å². The second-order valence-corrected chi connectivity index (χ2v) is 8.45. The largest absolute Gasteiger partial charge is 0.493 e. The molecule has 2 aromatic carbocycles. The van der Waals surface area contributed by atoms with Crippen molar-refractivity contribution in [2.75, 3.05) is 32.6 Å². The highest BCUT2D eigenvalue weighted by atomic mass is 35.5. The number of ether oxygens (including phenoxy) is 2. The second-order valence-electron chi connectivity index (χ2n) is 8.04. The van der Waals surface area contributed by atoms with Gasteiger partial charge in [-0.2, -0.15) is 0 Å². The Morgan fingerprint density at radius 1 is 1.24 bits per heavy atom. The molecule has 0 radical (unpaired) electrons. The van der Waals surface area contributed by atoms with Gasteiger partial charge in [-0.1, -0.05) is 17.7 Å². The fraction of sp³-hybridized carbons (Fsp3) is 0.417. The monoisotopic (exact) mass is 491 g/mol. The Morgan fingerprint density at radius 3 is 2.62 bits per heavy atom. The molecule has 3 rings (SSSR count). The molecule has 0 atom stereocenters. The first-order valence-electron chi connectivity index (χ1n) is 11.2. The highest BCUT2D eigenvalue weighted by Gasteiger charge is 2.28. The predicted molar refractivity (Wildman–Crippen MR) is 133 cm³/mol. The first kappa shape index (κ1) is 25.6. The van der Waals surface area contributed by atoms with Crippen LogP contribution in [0.3, 0.4) is 0 Å². The number of nitrogens with zero attached hydrogens (tertiary/aromatic N) is 1. The molecule has 1 fully saturated rings. The summed E-state index contributed by atoms with van der Waals surface area (Å²) in [5.41, 5.74) is 12.9. The number of hydrogen-bond donors (Lipinski definition) is 4. The van der Waals surface area contributed by atoms with Gasteiger partial charge in [0, 0.05) is 43.4 Å². The van der Waals surface area contributed by atoms with Crippen molar-refractivity contribution in [1.29, 1.82) is 0 Å². The normalized spacial score (nSPS) is 18.3. The molecule has 0 aromatic heterocycles. The summed E-state index contributed by atoms with van der Waals surface area (Å²) in [5.74, 6) is 0.480. The van der Waals surface area contributed by atoms with Crippen LogP contribution < -0.4 is 31.6 Å². The zero-order chi connectivity index (χ0) is 24.7. The van der Waals surface area contributed by atoms with Gasteiger partial charge in [0.15, 0.2) is 17.3 Å².